The second-order valence-corrected chi connectivity index (χ2v) is 5.86. The van der Waals surface area contributed by atoms with Crippen LogP contribution in [0.15, 0.2) is 24.3 Å². The molecule has 1 aliphatic heterocycles. The molecule has 0 spiro atoms. The number of anilines is 1. The van der Waals surface area contributed by atoms with E-state index in [1.807, 2.05) is 38.1 Å². The van der Waals surface area contributed by atoms with E-state index >= 15 is 0 Å². The third-order valence-corrected chi connectivity index (χ3v) is 3.93. The highest BCUT2D eigenvalue weighted by Gasteiger charge is 2.30. The van der Waals surface area contributed by atoms with E-state index in [0.717, 1.165) is 31.6 Å². The van der Waals surface area contributed by atoms with Crippen molar-refractivity contribution in [1.82, 2.24) is 4.90 Å². The molecule has 0 radical (unpaired) electrons. The Morgan fingerprint density at radius 3 is 2.50 bits per heavy atom. The lowest BCUT2D eigenvalue weighted by atomic mass is 9.82. The van der Waals surface area contributed by atoms with Gasteiger partial charge in [-0.25, -0.2) is 0 Å². The number of carbonyl (C=O) groups is 1. The molecule has 4 heteroatoms. The Hall–Kier alpha value is -1.86. The zero-order chi connectivity index (χ0) is 14.6. The molecule has 0 atom stereocenters. The van der Waals surface area contributed by atoms with E-state index in [9.17, 15) is 4.79 Å². The number of nitrogens with zero attached hydrogens (tertiary/aromatic N) is 2. The first-order valence-electron chi connectivity index (χ1n) is 7.01. The normalized spacial score (nSPS) is 18.2. The summed E-state index contributed by atoms with van der Waals surface area (Å²) in [4.78, 5) is 14.1. The van der Waals surface area contributed by atoms with Gasteiger partial charge in [0.25, 0.3) is 0 Å². The van der Waals surface area contributed by atoms with Gasteiger partial charge < -0.3 is 5.32 Å². The Balaban J connectivity index is 1.81. The van der Waals surface area contributed by atoms with Gasteiger partial charge in [0.05, 0.1) is 18.0 Å². The minimum atomic E-state index is -0.218. The summed E-state index contributed by atoms with van der Waals surface area (Å²) in [6.07, 6.45) is 1.67. The van der Waals surface area contributed by atoms with Gasteiger partial charge in [-0.3, -0.25) is 9.69 Å². The van der Waals surface area contributed by atoms with E-state index in [2.05, 4.69) is 16.3 Å². The van der Waals surface area contributed by atoms with Crippen LogP contribution in [0, 0.1) is 23.7 Å². The fourth-order valence-corrected chi connectivity index (χ4v) is 2.36. The molecule has 0 bridgehead atoms. The first-order chi connectivity index (χ1) is 9.50. The molecule has 0 saturated carbocycles. The van der Waals surface area contributed by atoms with Gasteiger partial charge in [-0.2, -0.15) is 5.26 Å². The number of benzene rings is 1. The van der Waals surface area contributed by atoms with Crippen LogP contribution in [0.5, 0.6) is 0 Å². The van der Waals surface area contributed by atoms with Crippen LogP contribution in [0.1, 0.15) is 25.3 Å². The van der Waals surface area contributed by atoms with Crippen molar-refractivity contribution in [1.29, 1.82) is 5.26 Å². The van der Waals surface area contributed by atoms with Crippen molar-refractivity contribution in [2.24, 2.45) is 5.41 Å². The van der Waals surface area contributed by atoms with Crippen molar-refractivity contribution < 1.29 is 4.79 Å². The number of nitrogens with one attached hydrogen (secondary N) is 1. The van der Waals surface area contributed by atoms with Crippen LogP contribution in [0.2, 0.25) is 0 Å². The van der Waals surface area contributed by atoms with Crippen LogP contribution in [-0.4, -0.2) is 30.4 Å². The van der Waals surface area contributed by atoms with Crippen molar-refractivity contribution in [3.05, 3.63) is 29.8 Å². The van der Waals surface area contributed by atoms with Gasteiger partial charge in [-0.15, -0.1) is 0 Å². The molecule has 106 valence electrons. The van der Waals surface area contributed by atoms with Crippen molar-refractivity contribution in [3.63, 3.8) is 0 Å². The van der Waals surface area contributed by atoms with Crippen LogP contribution >= 0.6 is 0 Å². The number of amides is 1. The molecule has 1 fully saturated rings. The maximum atomic E-state index is 12.0. The molecule has 1 aromatic rings. The van der Waals surface area contributed by atoms with Gasteiger partial charge in [-0.05, 0) is 38.8 Å². The summed E-state index contributed by atoms with van der Waals surface area (Å²) in [6, 6.07) is 10.2. The van der Waals surface area contributed by atoms with Crippen LogP contribution in [-0.2, 0) is 4.79 Å². The Morgan fingerprint density at radius 1 is 1.35 bits per heavy atom. The molecule has 0 aliphatic carbocycles. The number of hydrogen-bond acceptors (Lipinski definition) is 3. The molecule has 4 nitrogen and oxygen atoms in total. The molecule has 1 aromatic carbocycles. The van der Waals surface area contributed by atoms with Crippen molar-refractivity contribution in [2.75, 3.05) is 25.0 Å². The molecule has 0 aromatic heterocycles. The highest BCUT2D eigenvalue weighted by atomic mass is 16.2. The average Bonchev–Trinajstić information content (AvgIpc) is 2.44. The molecule has 2 rings (SSSR count). The lowest BCUT2D eigenvalue weighted by molar-refractivity contribution is -0.117. The second kappa shape index (κ2) is 6.06. The molecule has 1 heterocycles. The first-order valence-corrected chi connectivity index (χ1v) is 7.01. The zero-order valence-corrected chi connectivity index (χ0v) is 12.1. The molecular weight excluding hydrogens is 250 g/mol. The molecule has 1 N–H and O–H groups in total. The maximum Gasteiger partial charge on any atom is 0.238 e. The van der Waals surface area contributed by atoms with Gasteiger partial charge in [0.15, 0.2) is 0 Å². The quantitative estimate of drug-likeness (QED) is 0.919. The van der Waals surface area contributed by atoms with E-state index in [0.29, 0.717) is 6.54 Å². The number of likely N-dealkylation sites (tertiary alicyclic amines) is 1. The van der Waals surface area contributed by atoms with E-state index in [1.54, 1.807) is 0 Å². The Kier molecular flexibility index (Phi) is 4.41. The van der Waals surface area contributed by atoms with Crippen LogP contribution in [0.4, 0.5) is 5.69 Å². The van der Waals surface area contributed by atoms with Gasteiger partial charge >= 0.3 is 0 Å². The summed E-state index contributed by atoms with van der Waals surface area (Å²) in [5, 5.41) is 12.0. The Bertz CT molecular complexity index is 508. The SMILES string of the molecule is Cc1ccc(NC(=O)CN2CCC(C)(C#N)CC2)cc1. The highest BCUT2D eigenvalue weighted by Crippen LogP contribution is 2.29. The maximum absolute atomic E-state index is 12.0. The largest absolute Gasteiger partial charge is 0.325 e. The number of piperidine rings is 1. The third kappa shape index (κ3) is 3.82. The summed E-state index contributed by atoms with van der Waals surface area (Å²) in [5.41, 5.74) is 1.79. The minimum absolute atomic E-state index is 0.00872. The standard InChI is InChI=1S/C16H21N3O/c1-13-3-5-14(6-4-13)18-15(20)11-19-9-7-16(2,12-17)8-10-19/h3-6H,7-11H2,1-2H3,(H,18,20). The number of nitriles is 1. The van der Waals surface area contributed by atoms with Crippen molar-refractivity contribution in [2.45, 2.75) is 26.7 Å². The van der Waals surface area contributed by atoms with Gasteiger partial charge in [-0.1, -0.05) is 17.7 Å². The summed E-state index contributed by atoms with van der Waals surface area (Å²) in [6.45, 7) is 6.04. The third-order valence-electron chi connectivity index (χ3n) is 3.93. The van der Waals surface area contributed by atoms with Crippen LogP contribution < -0.4 is 5.32 Å². The van der Waals surface area contributed by atoms with Gasteiger partial charge in [0.2, 0.25) is 5.91 Å². The van der Waals surface area contributed by atoms with Crippen LogP contribution in [0.3, 0.4) is 0 Å². The molecule has 1 aliphatic rings. The molecule has 1 saturated heterocycles. The topological polar surface area (TPSA) is 56.1 Å². The second-order valence-electron chi connectivity index (χ2n) is 5.86. The summed E-state index contributed by atoms with van der Waals surface area (Å²) in [5.74, 6) is 0.00872. The number of carbonyl (C=O) groups excluding carboxylic acids is 1. The van der Waals surface area contributed by atoms with Gasteiger partial charge in [0.1, 0.15) is 0 Å². The molecule has 1 amide bonds. The monoisotopic (exact) mass is 271 g/mol. The van der Waals surface area contributed by atoms with Gasteiger partial charge in [0, 0.05) is 18.8 Å². The first kappa shape index (κ1) is 14.5. The fraction of sp³-hybridized carbons (Fsp3) is 0.500. The lowest BCUT2D eigenvalue weighted by Gasteiger charge is -2.34. The number of aryl methyl sites for hydroxylation is 1. The van der Waals surface area contributed by atoms with Crippen molar-refractivity contribution in [3.8, 4) is 6.07 Å². The summed E-state index contributed by atoms with van der Waals surface area (Å²) in [7, 11) is 0. The minimum Gasteiger partial charge on any atom is -0.325 e. The van der Waals surface area contributed by atoms with E-state index in [4.69, 9.17) is 5.26 Å². The molecule has 20 heavy (non-hydrogen) atoms. The highest BCUT2D eigenvalue weighted by molar-refractivity contribution is 5.92. The number of hydrogen-bond donors (Lipinski definition) is 1. The average molecular weight is 271 g/mol. The lowest BCUT2D eigenvalue weighted by Crippen LogP contribution is -2.42. The Morgan fingerprint density at radius 2 is 1.95 bits per heavy atom. The predicted octanol–water partition coefficient (Wildman–Crippen LogP) is 2.56. The fourth-order valence-electron chi connectivity index (χ4n) is 2.36. The predicted molar refractivity (Wildman–Crippen MR) is 79.2 cm³/mol. The summed E-state index contributed by atoms with van der Waals surface area (Å²) < 4.78 is 0. The Labute approximate surface area is 120 Å². The molecule has 0 unspecified atom stereocenters. The van der Waals surface area contributed by atoms with E-state index in [-0.39, 0.29) is 11.3 Å². The van der Waals surface area contributed by atoms with E-state index < -0.39 is 0 Å². The van der Waals surface area contributed by atoms with Crippen molar-refractivity contribution >= 4 is 11.6 Å². The smallest absolute Gasteiger partial charge is 0.238 e. The van der Waals surface area contributed by atoms with Crippen LogP contribution in [0.25, 0.3) is 0 Å². The zero-order valence-electron chi connectivity index (χ0n) is 12.1. The number of rotatable bonds is 3. The molecular formula is C16H21N3O. The van der Waals surface area contributed by atoms with E-state index in [1.165, 1.54) is 5.56 Å². The summed E-state index contributed by atoms with van der Waals surface area (Å²) >= 11 is 0.